The van der Waals surface area contributed by atoms with Crippen LogP contribution in [0.5, 0.6) is 5.75 Å². The zero-order chi connectivity index (χ0) is 10.7. The van der Waals surface area contributed by atoms with Gasteiger partial charge in [-0.05, 0) is 24.6 Å². The molecule has 5 heteroatoms. The summed E-state index contributed by atoms with van der Waals surface area (Å²) >= 11 is 0. The molecular weight excluding hydrogens is 194 g/mol. The van der Waals surface area contributed by atoms with Crippen LogP contribution in [-0.2, 0) is 0 Å². The van der Waals surface area contributed by atoms with Crippen molar-refractivity contribution in [3.63, 3.8) is 0 Å². The van der Waals surface area contributed by atoms with Crippen molar-refractivity contribution in [3.8, 4) is 5.75 Å². The zero-order valence-electron chi connectivity index (χ0n) is 8.08. The van der Waals surface area contributed by atoms with Gasteiger partial charge in [-0.15, -0.1) is 5.11 Å². The van der Waals surface area contributed by atoms with E-state index in [0.29, 0.717) is 5.69 Å². The summed E-state index contributed by atoms with van der Waals surface area (Å²) < 4.78 is 4.87. The van der Waals surface area contributed by atoms with Crippen molar-refractivity contribution >= 4 is 11.7 Å². The molecule has 15 heavy (non-hydrogen) atoms. The standard InChI is InChI=1S/C10H9N3O2/c1-7-2-3-9(14)8(6-7)12-13-10-11-4-5-15-10/h2-6,14H,1H3/b13-12+. The fraction of sp³-hybridized carbons (Fsp3) is 0.100. The summed E-state index contributed by atoms with van der Waals surface area (Å²) in [4.78, 5) is 3.77. The molecule has 0 aliphatic heterocycles. The molecule has 0 radical (unpaired) electrons. The van der Waals surface area contributed by atoms with Crippen LogP contribution in [0.4, 0.5) is 11.7 Å². The Morgan fingerprint density at radius 1 is 1.33 bits per heavy atom. The van der Waals surface area contributed by atoms with Crippen LogP contribution in [-0.4, -0.2) is 10.1 Å². The van der Waals surface area contributed by atoms with Crippen molar-refractivity contribution in [2.75, 3.05) is 0 Å². The largest absolute Gasteiger partial charge is 0.506 e. The molecule has 1 aromatic carbocycles. The van der Waals surface area contributed by atoms with E-state index in [9.17, 15) is 5.11 Å². The first-order valence-electron chi connectivity index (χ1n) is 4.36. The van der Waals surface area contributed by atoms with E-state index in [4.69, 9.17) is 4.42 Å². The van der Waals surface area contributed by atoms with E-state index in [1.807, 2.05) is 6.92 Å². The number of hydrogen-bond acceptors (Lipinski definition) is 5. The van der Waals surface area contributed by atoms with Gasteiger partial charge < -0.3 is 9.52 Å². The molecule has 0 amide bonds. The summed E-state index contributed by atoms with van der Waals surface area (Å²) in [6.07, 6.45) is 2.88. The highest BCUT2D eigenvalue weighted by atomic mass is 16.4. The lowest BCUT2D eigenvalue weighted by molar-refractivity contribution is 0.476. The van der Waals surface area contributed by atoms with Crippen LogP contribution >= 0.6 is 0 Å². The molecule has 0 bridgehead atoms. The molecule has 0 atom stereocenters. The van der Waals surface area contributed by atoms with Gasteiger partial charge in [-0.2, -0.15) is 4.98 Å². The Morgan fingerprint density at radius 3 is 2.93 bits per heavy atom. The minimum Gasteiger partial charge on any atom is -0.506 e. The number of phenols is 1. The van der Waals surface area contributed by atoms with E-state index in [1.54, 1.807) is 18.2 Å². The van der Waals surface area contributed by atoms with Crippen LogP contribution in [0, 0.1) is 6.92 Å². The normalized spacial score (nSPS) is 11.0. The van der Waals surface area contributed by atoms with Gasteiger partial charge in [-0.1, -0.05) is 11.2 Å². The second-order valence-corrected chi connectivity index (χ2v) is 3.01. The molecule has 0 saturated carbocycles. The molecule has 0 saturated heterocycles. The second-order valence-electron chi connectivity index (χ2n) is 3.01. The molecule has 0 spiro atoms. The number of oxazole rings is 1. The minimum absolute atomic E-state index is 0.0795. The fourth-order valence-corrected chi connectivity index (χ4v) is 1.08. The third-order valence-electron chi connectivity index (χ3n) is 1.79. The molecule has 0 aliphatic carbocycles. The van der Waals surface area contributed by atoms with Gasteiger partial charge in [0.1, 0.15) is 17.7 Å². The first-order chi connectivity index (χ1) is 7.25. The third-order valence-corrected chi connectivity index (χ3v) is 1.79. The van der Waals surface area contributed by atoms with E-state index in [1.165, 1.54) is 12.5 Å². The smallest absolute Gasteiger partial charge is 0.340 e. The van der Waals surface area contributed by atoms with Crippen LogP contribution < -0.4 is 0 Å². The molecule has 5 nitrogen and oxygen atoms in total. The zero-order valence-corrected chi connectivity index (χ0v) is 8.08. The third kappa shape index (κ3) is 2.19. The molecule has 1 N–H and O–H groups in total. The summed E-state index contributed by atoms with van der Waals surface area (Å²) in [7, 11) is 0. The Kier molecular flexibility index (Phi) is 2.45. The molecule has 2 aromatic rings. The Hall–Kier alpha value is -2.17. The molecule has 2 rings (SSSR count). The van der Waals surface area contributed by atoms with Gasteiger partial charge in [-0.3, -0.25) is 0 Å². The van der Waals surface area contributed by atoms with Gasteiger partial charge >= 0.3 is 6.01 Å². The Labute approximate surface area is 86.1 Å². The summed E-state index contributed by atoms with van der Waals surface area (Å²) in [5.74, 6) is 0.0795. The molecular formula is C10H9N3O2. The van der Waals surface area contributed by atoms with Crippen molar-refractivity contribution in [1.82, 2.24) is 4.98 Å². The van der Waals surface area contributed by atoms with Crippen LogP contribution in [0.15, 0.2) is 45.3 Å². The highest BCUT2D eigenvalue weighted by Crippen LogP contribution is 2.28. The number of azo groups is 1. The molecule has 0 unspecified atom stereocenters. The number of phenolic OH excluding ortho intramolecular Hbond substituents is 1. The lowest BCUT2D eigenvalue weighted by atomic mass is 10.2. The van der Waals surface area contributed by atoms with Gasteiger partial charge in [0.05, 0.1) is 6.20 Å². The number of aromatic nitrogens is 1. The number of nitrogens with zero attached hydrogens (tertiary/aromatic N) is 3. The van der Waals surface area contributed by atoms with Crippen molar-refractivity contribution in [3.05, 3.63) is 36.2 Å². The van der Waals surface area contributed by atoms with E-state index in [-0.39, 0.29) is 11.8 Å². The number of rotatable bonds is 2. The van der Waals surface area contributed by atoms with Gasteiger partial charge in [0.25, 0.3) is 0 Å². The Bertz CT molecular complexity index is 477. The second kappa shape index (κ2) is 3.91. The van der Waals surface area contributed by atoms with E-state index < -0.39 is 0 Å². The lowest BCUT2D eigenvalue weighted by Gasteiger charge is -1.97. The minimum atomic E-state index is 0.0795. The van der Waals surface area contributed by atoms with Crippen molar-refractivity contribution in [1.29, 1.82) is 0 Å². The van der Waals surface area contributed by atoms with Gasteiger partial charge in [0.15, 0.2) is 0 Å². The van der Waals surface area contributed by atoms with Crippen molar-refractivity contribution < 1.29 is 9.52 Å². The summed E-state index contributed by atoms with van der Waals surface area (Å²) in [6, 6.07) is 5.25. The van der Waals surface area contributed by atoms with Crippen molar-refractivity contribution in [2.24, 2.45) is 10.2 Å². The molecule has 0 fully saturated rings. The maximum absolute atomic E-state index is 9.46. The topological polar surface area (TPSA) is 71.0 Å². The average Bonchev–Trinajstić information content (AvgIpc) is 2.72. The van der Waals surface area contributed by atoms with Crippen LogP contribution in [0.25, 0.3) is 0 Å². The predicted molar refractivity (Wildman–Crippen MR) is 53.5 cm³/mol. The highest BCUT2D eigenvalue weighted by molar-refractivity contribution is 5.52. The number of hydrogen-bond donors (Lipinski definition) is 1. The van der Waals surface area contributed by atoms with Gasteiger partial charge in [0.2, 0.25) is 0 Å². The van der Waals surface area contributed by atoms with E-state index in [2.05, 4.69) is 15.2 Å². The van der Waals surface area contributed by atoms with Crippen LogP contribution in [0.1, 0.15) is 5.56 Å². The van der Waals surface area contributed by atoms with Gasteiger partial charge in [0, 0.05) is 0 Å². The average molecular weight is 203 g/mol. The molecule has 1 aromatic heterocycles. The fourth-order valence-electron chi connectivity index (χ4n) is 1.08. The Balaban J connectivity index is 2.27. The van der Waals surface area contributed by atoms with Crippen LogP contribution in [0.3, 0.4) is 0 Å². The quantitative estimate of drug-likeness (QED) is 0.762. The van der Waals surface area contributed by atoms with Crippen molar-refractivity contribution in [2.45, 2.75) is 6.92 Å². The first-order valence-corrected chi connectivity index (χ1v) is 4.36. The summed E-state index contributed by atoms with van der Waals surface area (Å²) in [5, 5.41) is 17.0. The highest BCUT2D eigenvalue weighted by Gasteiger charge is 2.00. The van der Waals surface area contributed by atoms with Crippen LogP contribution in [0.2, 0.25) is 0 Å². The summed E-state index contributed by atoms with van der Waals surface area (Å²) in [5.41, 5.74) is 1.39. The SMILES string of the molecule is Cc1ccc(O)c(/N=N/c2ncco2)c1. The number of benzene rings is 1. The number of aromatic hydroxyl groups is 1. The maximum Gasteiger partial charge on any atom is 0.340 e. The predicted octanol–water partition coefficient (Wildman–Crippen LogP) is 3.10. The van der Waals surface area contributed by atoms with E-state index in [0.717, 1.165) is 5.56 Å². The Morgan fingerprint density at radius 2 is 2.20 bits per heavy atom. The summed E-state index contributed by atoms with van der Waals surface area (Å²) in [6.45, 7) is 1.91. The maximum atomic E-state index is 9.46. The lowest BCUT2D eigenvalue weighted by Crippen LogP contribution is -1.71. The monoisotopic (exact) mass is 203 g/mol. The molecule has 0 aliphatic rings. The molecule has 1 heterocycles. The number of aryl methyl sites for hydroxylation is 1. The molecule has 76 valence electrons. The van der Waals surface area contributed by atoms with Gasteiger partial charge in [-0.25, -0.2) is 0 Å². The first kappa shape index (κ1) is 9.39. The van der Waals surface area contributed by atoms with E-state index >= 15 is 0 Å².